The second-order valence-corrected chi connectivity index (χ2v) is 6.48. The van der Waals surface area contributed by atoms with Crippen molar-refractivity contribution in [3.8, 4) is 0 Å². The Kier molecular flexibility index (Phi) is 4.59. The fourth-order valence-corrected chi connectivity index (χ4v) is 2.98. The van der Waals surface area contributed by atoms with Crippen LogP contribution in [0.2, 0.25) is 5.02 Å². The number of hydrogen-bond acceptors (Lipinski definition) is 1. The van der Waals surface area contributed by atoms with Gasteiger partial charge >= 0.3 is 0 Å². The van der Waals surface area contributed by atoms with Crippen LogP contribution in [0.25, 0.3) is 0 Å². The van der Waals surface area contributed by atoms with Gasteiger partial charge in [-0.2, -0.15) is 0 Å². The minimum atomic E-state index is 0.210. The number of guanidine groups is 1. The van der Waals surface area contributed by atoms with Gasteiger partial charge in [-0.3, -0.25) is 4.99 Å². The molecule has 1 aromatic rings. The van der Waals surface area contributed by atoms with Crippen LogP contribution < -0.4 is 0 Å². The van der Waals surface area contributed by atoms with Gasteiger partial charge in [-0.05, 0) is 30.5 Å². The second-order valence-electron chi connectivity index (χ2n) is 6.05. The van der Waals surface area contributed by atoms with E-state index in [0.29, 0.717) is 0 Å². The van der Waals surface area contributed by atoms with Gasteiger partial charge in [-0.15, -0.1) is 0 Å². The van der Waals surface area contributed by atoms with E-state index in [0.717, 1.165) is 17.5 Å². The Morgan fingerprint density at radius 3 is 2.05 bits per heavy atom. The van der Waals surface area contributed by atoms with Crippen molar-refractivity contribution in [1.29, 1.82) is 0 Å². The number of benzene rings is 1. The number of aliphatic imine (C=N–C) groups is 1. The topological polar surface area (TPSA) is 18.8 Å². The van der Waals surface area contributed by atoms with E-state index in [4.69, 9.17) is 16.6 Å². The minimum Gasteiger partial charge on any atom is -0.349 e. The molecule has 0 radical (unpaired) electrons. The molecule has 2 rings (SSSR count). The zero-order valence-electron chi connectivity index (χ0n) is 12.9. The minimum absolute atomic E-state index is 0.210. The average Bonchev–Trinajstić information content (AvgIpc) is 2.33. The van der Waals surface area contributed by atoms with Gasteiger partial charge in [-0.1, -0.05) is 30.2 Å². The van der Waals surface area contributed by atoms with Crippen molar-refractivity contribution in [3.05, 3.63) is 34.9 Å². The van der Waals surface area contributed by atoms with Gasteiger partial charge < -0.3 is 9.80 Å². The third-order valence-corrected chi connectivity index (χ3v) is 4.34. The highest BCUT2D eigenvalue weighted by atomic mass is 35.5. The summed E-state index contributed by atoms with van der Waals surface area (Å²) in [5, 5.41) is 0.800. The number of halogens is 1. The lowest BCUT2D eigenvalue weighted by Crippen LogP contribution is -2.41. The molecule has 1 saturated carbocycles. The van der Waals surface area contributed by atoms with E-state index >= 15 is 0 Å². The Balaban J connectivity index is 2.20. The molecular formula is C16H24ClN3. The standard InChI is InChI=1S/C16H24ClN3/c1-19(2)15(20(3)4)18-12-16(10-5-11-16)13-6-8-14(17)9-7-13/h6-9H,5,10-12H2,1-4H3. The molecule has 1 aromatic carbocycles. The van der Waals surface area contributed by atoms with Crippen molar-refractivity contribution in [1.82, 2.24) is 9.80 Å². The van der Waals surface area contributed by atoms with Crippen molar-refractivity contribution in [2.24, 2.45) is 4.99 Å². The molecule has 20 heavy (non-hydrogen) atoms. The number of nitrogens with zero attached hydrogens (tertiary/aromatic N) is 3. The van der Waals surface area contributed by atoms with Gasteiger partial charge in [0.1, 0.15) is 0 Å². The van der Waals surface area contributed by atoms with E-state index in [1.165, 1.54) is 24.8 Å². The summed E-state index contributed by atoms with van der Waals surface area (Å²) in [6, 6.07) is 8.28. The Labute approximate surface area is 127 Å². The first-order chi connectivity index (χ1) is 9.44. The fraction of sp³-hybridized carbons (Fsp3) is 0.562. The van der Waals surface area contributed by atoms with E-state index in [9.17, 15) is 0 Å². The van der Waals surface area contributed by atoms with Crippen LogP contribution in [-0.4, -0.2) is 50.5 Å². The molecular weight excluding hydrogens is 270 g/mol. The molecule has 0 atom stereocenters. The van der Waals surface area contributed by atoms with Crippen molar-refractivity contribution in [3.63, 3.8) is 0 Å². The summed E-state index contributed by atoms with van der Waals surface area (Å²) in [4.78, 5) is 8.98. The maximum absolute atomic E-state index is 5.99. The van der Waals surface area contributed by atoms with Crippen LogP contribution in [-0.2, 0) is 5.41 Å². The SMILES string of the molecule is CN(C)C(=NCC1(c2ccc(Cl)cc2)CCC1)N(C)C. The predicted octanol–water partition coefficient (Wildman–Crippen LogP) is 3.24. The highest BCUT2D eigenvalue weighted by Gasteiger charge is 2.38. The largest absolute Gasteiger partial charge is 0.349 e. The molecule has 110 valence electrons. The van der Waals surface area contributed by atoms with E-state index in [-0.39, 0.29) is 5.41 Å². The third-order valence-electron chi connectivity index (χ3n) is 4.09. The molecule has 4 heteroatoms. The van der Waals surface area contributed by atoms with Crippen molar-refractivity contribution < 1.29 is 0 Å². The molecule has 3 nitrogen and oxygen atoms in total. The second kappa shape index (κ2) is 6.04. The molecule has 0 N–H and O–H groups in total. The van der Waals surface area contributed by atoms with Crippen LogP contribution >= 0.6 is 11.6 Å². The first-order valence-corrected chi connectivity index (χ1v) is 7.47. The van der Waals surface area contributed by atoms with Gasteiger partial charge in [0.2, 0.25) is 0 Å². The monoisotopic (exact) mass is 293 g/mol. The lowest BCUT2D eigenvalue weighted by atomic mass is 9.64. The first kappa shape index (κ1) is 15.2. The summed E-state index contributed by atoms with van der Waals surface area (Å²) in [5.41, 5.74) is 1.58. The fourth-order valence-electron chi connectivity index (χ4n) is 2.85. The highest BCUT2D eigenvalue weighted by Crippen LogP contribution is 2.44. The van der Waals surface area contributed by atoms with Crippen molar-refractivity contribution in [2.75, 3.05) is 34.7 Å². The Morgan fingerprint density at radius 1 is 1.10 bits per heavy atom. The molecule has 0 amide bonds. The van der Waals surface area contributed by atoms with Crippen LogP contribution in [0.1, 0.15) is 24.8 Å². The highest BCUT2D eigenvalue weighted by molar-refractivity contribution is 6.30. The molecule has 0 unspecified atom stereocenters. The maximum atomic E-state index is 5.99. The first-order valence-electron chi connectivity index (χ1n) is 7.10. The number of hydrogen-bond donors (Lipinski definition) is 0. The molecule has 0 saturated heterocycles. The van der Waals surface area contributed by atoms with Gasteiger partial charge in [0.15, 0.2) is 5.96 Å². The molecule has 0 aliphatic heterocycles. The summed E-state index contributed by atoms with van der Waals surface area (Å²) in [6.07, 6.45) is 3.72. The van der Waals surface area contributed by atoms with Crippen LogP contribution in [0.3, 0.4) is 0 Å². The molecule has 0 spiro atoms. The van der Waals surface area contributed by atoms with E-state index in [1.807, 2.05) is 40.3 Å². The lowest BCUT2D eigenvalue weighted by molar-refractivity contribution is 0.252. The summed E-state index contributed by atoms with van der Waals surface area (Å²) < 4.78 is 0. The quantitative estimate of drug-likeness (QED) is 0.629. The van der Waals surface area contributed by atoms with Gasteiger partial charge in [0.05, 0.1) is 6.54 Å². The normalized spacial score (nSPS) is 16.2. The Hall–Kier alpha value is -1.22. The predicted molar refractivity (Wildman–Crippen MR) is 86.7 cm³/mol. The van der Waals surface area contributed by atoms with Crippen LogP contribution in [0.15, 0.2) is 29.3 Å². The van der Waals surface area contributed by atoms with E-state index in [1.54, 1.807) is 0 Å². The summed E-state index contributed by atoms with van der Waals surface area (Å²) in [6.45, 7) is 0.848. The van der Waals surface area contributed by atoms with E-state index in [2.05, 4.69) is 21.9 Å². The van der Waals surface area contributed by atoms with Gasteiger partial charge in [-0.25, -0.2) is 0 Å². The Bertz CT molecular complexity index is 463. The van der Waals surface area contributed by atoms with Crippen molar-refractivity contribution in [2.45, 2.75) is 24.7 Å². The average molecular weight is 294 g/mol. The van der Waals surface area contributed by atoms with Crippen molar-refractivity contribution >= 4 is 17.6 Å². The summed E-state index contributed by atoms with van der Waals surface area (Å²) >= 11 is 5.99. The third kappa shape index (κ3) is 3.09. The smallest absolute Gasteiger partial charge is 0.195 e. The molecule has 0 bridgehead atoms. The summed E-state index contributed by atoms with van der Waals surface area (Å²) in [7, 11) is 8.15. The zero-order chi connectivity index (χ0) is 14.8. The Morgan fingerprint density at radius 2 is 1.65 bits per heavy atom. The zero-order valence-corrected chi connectivity index (χ0v) is 13.6. The van der Waals surface area contributed by atoms with Gasteiger partial charge in [0.25, 0.3) is 0 Å². The molecule has 0 aromatic heterocycles. The summed E-state index contributed by atoms with van der Waals surface area (Å²) in [5.74, 6) is 1.02. The molecule has 1 aliphatic carbocycles. The molecule has 1 fully saturated rings. The number of rotatable bonds is 3. The molecule has 1 aliphatic rings. The van der Waals surface area contributed by atoms with Crippen LogP contribution in [0.5, 0.6) is 0 Å². The maximum Gasteiger partial charge on any atom is 0.195 e. The molecule has 0 heterocycles. The van der Waals surface area contributed by atoms with E-state index < -0.39 is 0 Å². The van der Waals surface area contributed by atoms with Crippen LogP contribution in [0.4, 0.5) is 0 Å². The lowest BCUT2D eigenvalue weighted by Gasteiger charge is -2.41. The van der Waals surface area contributed by atoms with Crippen LogP contribution in [0, 0.1) is 0 Å². The van der Waals surface area contributed by atoms with Gasteiger partial charge in [0, 0.05) is 38.6 Å².